The summed E-state index contributed by atoms with van der Waals surface area (Å²) in [5, 5.41) is 1.67. The topological polar surface area (TPSA) is 17.1 Å². The van der Waals surface area contributed by atoms with Crippen LogP contribution in [0.25, 0.3) is 0 Å². The molecule has 0 aliphatic carbocycles. The van der Waals surface area contributed by atoms with Crippen molar-refractivity contribution in [3.05, 3.63) is 55.7 Å². The molecule has 2 aromatic carbocycles. The van der Waals surface area contributed by atoms with Crippen molar-refractivity contribution < 1.29 is 4.57 Å². The van der Waals surface area contributed by atoms with E-state index in [1.165, 1.54) is 0 Å². The van der Waals surface area contributed by atoms with Gasteiger partial charge in [-0.3, -0.25) is 0 Å². The minimum absolute atomic E-state index is 0.833. The van der Waals surface area contributed by atoms with E-state index < -0.39 is 5.84 Å². The van der Waals surface area contributed by atoms with Crippen LogP contribution in [0.3, 0.4) is 0 Å². The standard InChI is InChI=1S/C12H8BrI2OP/c13-17(16,11-5-1-9(14)2-6-11)12-7-3-10(15)4-8-12/h1-8H. The van der Waals surface area contributed by atoms with Gasteiger partial charge in [0, 0.05) is 17.7 Å². The summed E-state index contributed by atoms with van der Waals surface area (Å²) in [6.07, 6.45) is 0. The zero-order valence-corrected chi connectivity index (χ0v) is 15.4. The summed E-state index contributed by atoms with van der Waals surface area (Å²) in [6.45, 7) is 0. The molecule has 0 aromatic heterocycles. The highest BCUT2D eigenvalue weighted by molar-refractivity contribution is 14.1. The van der Waals surface area contributed by atoms with E-state index in [1.807, 2.05) is 48.5 Å². The van der Waals surface area contributed by atoms with Gasteiger partial charge >= 0.3 is 0 Å². The van der Waals surface area contributed by atoms with Crippen LogP contribution in [0.15, 0.2) is 48.5 Å². The van der Waals surface area contributed by atoms with Crippen LogP contribution in [-0.4, -0.2) is 0 Å². The van der Waals surface area contributed by atoms with Crippen molar-refractivity contribution in [2.24, 2.45) is 0 Å². The Morgan fingerprint density at radius 3 is 1.35 bits per heavy atom. The number of hydrogen-bond acceptors (Lipinski definition) is 1. The quantitative estimate of drug-likeness (QED) is 0.411. The predicted octanol–water partition coefficient (Wildman–Crippen LogP) is 4.52. The highest BCUT2D eigenvalue weighted by Gasteiger charge is 2.23. The molecule has 0 saturated heterocycles. The number of hydrogen-bond donors (Lipinski definition) is 0. The Balaban J connectivity index is 2.45. The summed E-state index contributed by atoms with van der Waals surface area (Å²) in [5.74, 6) is -2.63. The van der Waals surface area contributed by atoms with Crippen LogP contribution in [0.2, 0.25) is 0 Å². The monoisotopic (exact) mass is 532 g/mol. The summed E-state index contributed by atoms with van der Waals surface area (Å²) < 4.78 is 15.0. The molecule has 0 radical (unpaired) electrons. The predicted molar refractivity (Wildman–Crippen MR) is 94.1 cm³/mol. The van der Waals surface area contributed by atoms with E-state index in [-0.39, 0.29) is 0 Å². The third-order valence-electron chi connectivity index (χ3n) is 2.32. The number of benzene rings is 2. The fourth-order valence-electron chi connectivity index (χ4n) is 1.41. The van der Waals surface area contributed by atoms with Gasteiger partial charge in [0.05, 0.1) is 0 Å². The van der Waals surface area contributed by atoms with Crippen LogP contribution in [0, 0.1) is 7.14 Å². The van der Waals surface area contributed by atoms with E-state index in [4.69, 9.17) is 0 Å². The first-order valence-corrected chi connectivity index (χ1v) is 10.7. The third kappa shape index (κ3) is 3.33. The molecule has 0 aliphatic heterocycles. The van der Waals surface area contributed by atoms with Gasteiger partial charge in [0.25, 0.3) is 0 Å². The van der Waals surface area contributed by atoms with Gasteiger partial charge in [-0.2, -0.15) is 0 Å². The van der Waals surface area contributed by atoms with Crippen molar-refractivity contribution in [1.82, 2.24) is 0 Å². The van der Waals surface area contributed by atoms with E-state index >= 15 is 0 Å². The maximum Gasteiger partial charge on any atom is 0.203 e. The summed E-state index contributed by atoms with van der Waals surface area (Å²) in [5.41, 5.74) is 0. The van der Waals surface area contributed by atoms with E-state index in [9.17, 15) is 4.57 Å². The zero-order chi connectivity index (χ0) is 12.5. The lowest BCUT2D eigenvalue weighted by molar-refractivity contribution is 0.596. The average molecular weight is 533 g/mol. The summed E-state index contributed by atoms with van der Waals surface area (Å²) in [7, 11) is 0. The van der Waals surface area contributed by atoms with Crippen molar-refractivity contribution in [2.75, 3.05) is 0 Å². The van der Waals surface area contributed by atoms with Crippen molar-refractivity contribution in [1.29, 1.82) is 0 Å². The Bertz CT molecular complexity index is 517. The fraction of sp³-hybridized carbons (Fsp3) is 0. The smallest absolute Gasteiger partial charge is 0.203 e. The van der Waals surface area contributed by atoms with E-state index in [0.717, 1.165) is 17.7 Å². The first-order chi connectivity index (χ1) is 8.00. The molecular formula is C12H8BrI2OP. The molecule has 1 nitrogen and oxygen atoms in total. The largest absolute Gasteiger partial charge is 0.302 e. The highest BCUT2D eigenvalue weighted by Crippen LogP contribution is 2.51. The number of halogens is 3. The molecule has 2 aromatic rings. The molecule has 0 fully saturated rings. The maximum absolute atomic E-state index is 12.8. The lowest BCUT2D eigenvalue weighted by atomic mass is 10.4. The Kier molecular flexibility index (Phi) is 4.72. The highest BCUT2D eigenvalue weighted by atomic mass is 127. The Labute approximate surface area is 136 Å². The summed E-state index contributed by atoms with van der Waals surface area (Å²) in [4.78, 5) is 0. The maximum atomic E-state index is 12.8. The molecule has 0 amide bonds. The minimum atomic E-state index is -2.63. The summed E-state index contributed by atoms with van der Waals surface area (Å²) in [6, 6.07) is 15.5. The molecule has 17 heavy (non-hydrogen) atoms. The molecule has 0 N–H and O–H groups in total. The van der Waals surface area contributed by atoms with Crippen LogP contribution >= 0.6 is 66.5 Å². The van der Waals surface area contributed by atoms with Gasteiger partial charge in [0.1, 0.15) is 0 Å². The van der Waals surface area contributed by atoms with Crippen molar-refractivity contribution >= 4 is 77.1 Å². The second-order valence-electron chi connectivity index (χ2n) is 3.49. The first-order valence-electron chi connectivity index (χ1n) is 4.82. The Hall–Kier alpha value is 0.610. The zero-order valence-electron chi connectivity index (χ0n) is 8.61. The molecule has 0 bridgehead atoms. The van der Waals surface area contributed by atoms with E-state index in [0.29, 0.717) is 0 Å². The molecule has 0 spiro atoms. The van der Waals surface area contributed by atoms with E-state index in [2.05, 4.69) is 60.7 Å². The van der Waals surface area contributed by atoms with Gasteiger partial charge in [-0.05, 0) is 109 Å². The summed E-state index contributed by atoms with van der Waals surface area (Å²) >= 11 is 7.87. The van der Waals surface area contributed by atoms with Crippen LogP contribution < -0.4 is 10.6 Å². The lowest BCUT2D eigenvalue weighted by Crippen LogP contribution is -2.11. The molecule has 0 aliphatic rings. The SMILES string of the molecule is O=P(Br)(c1ccc(I)cc1)c1ccc(I)cc1. The second-order valence-corrected chi connectivity index (χ2v) is 11.1. The van der Waals surface area contributed by atoms with Crippen molar-refractivity contribution in [3.8, 4) is 0 Å². The van der Waals surface area contributed by atoms with Crippen LogP contribution in [-0.2, 0) is 4.57 Å². The van der Waals surface area contributed by atoms with Gasteiger partial charge in [-0.15, -0.1) is 0 Å². The van der Waals surface area contributed by atoms with Gasteiger partial charge in [-0.25, -0.2) is 0 Å². The molecule has 0 heterocycles. The Morgan fingerprint density at radius 1 is 0.765 bits per heavy atom. The van der Waals surface area contributed by atoms with Gasteiger partial charge in [0.15, 0.2) is 0 Å². The third-order valence-corrected chi connectivity index (χ3v) is 8.14. The lowest BCUT2D eigenvalue weighted by Gasteiger charge is -2.11. The molecular weight excluding hydrogens is 525 g/mol. The van der Waals surface area contributed by atoms with Crippen molar-refractivity contribution in [3.63, 3.8) is 0 Å². The number of rotatable bonds is 2. The Morgan fingerprint density at radius 2 is 1.06 bits per heavy atom. The van der Waals surface area contributed by atoms with Gasteiger partial charge in [-0.1, -0.05) is 0 Å². The molecule has 0 saturated carbocycles. The average Bonchev–Trinajstić information content (AvgIpc) is 2.30. The minimum Gasteiger partial charge on any atom is -0.302 e. The van der Waals surface area contributed by atoms with Crippen LogP contribution in [0.4, 0.5) is 0 Å². The normalized spacial score (nSPS) is 11.5. The van der Waals surface area contributed by atoms with Crippen LogP contribution in [0.5, 0.6) is 0 Å². The second kappa shape index (κ2) is 5.72. The molecule has 0 unspecified atom stereocenters. The van der Waals surface area contributed by atoms with E-state index in [1.54, 1.807) is 0 Å². The van der Waals surface area contributed by atoms with Gasteiger partial charge in [0.2, 0.25) is 5.84 Å². The fourth-order valence-corrected chi connectivity index (χ4v) is 4.92. The molecule has 0 atom stereocenters. The molecule has 5 heteroatoms. The van der Waals surface area contributed by atoms with Crippen LogP contribution in [0.1, 0.15) is 0 Å². The molecule has 88 valence electrons. The first kappa shape index (κ1) is 14.0. The van der Waals surface area contributed by atoms with Gasteiger partial charge < -0.3 is 4.57 Å². The van der Waals surface area contributed by atoms with Crippen molar-refractivity contribution in [2.45, 2.75) is 0 Å². The molecule has 2 rings (SSSR count).